The molecule has 0 heterocycles. The van der Waals surface area contributed by atoms with Crippen LogP contribution in [0.1, 0.15) is 20.3 Å². The van der Waals surface area contributed by atoms with Crippen LogP contribution >= 0.6 is 0 Å². The molecule has 0 radical (unpaired) electrons. The molecule has 0 aliphatic rings. The average molecular weight is 131 g/mol. The summed E-state index contributed by atoms with van der Waals surface area (Å²) in [4.78, 5) is 1.53. The van der Waals surface area contributed by atoms with Gasteiger partial charge in [-0.2, -0.15) is 0 Å². The minimum atomic E-state index is 0.0868. The standard InChI is InChI=1S/C7H16NO/c1-3-8(4-2)6-5-7-9/h3-7H2,1-2H3/q-1/p+1. The molecule has 0 amide bonds. The zero-order chi connectivity index (χ0) is 7.11. The molecular weight excluding hydrogens is 114 g/mol. The van der Waals surface area contributed by atoms with Gasteiger partial charge in [0, 0.05) is 0 Å². The highest BCUT2D eigenvalue weighted by Gasteiger charge is 1.97. The summed E-state index contributed by atoms with van der Waals surface area (Å²) in [5, 5.41) is 10.1. The highest BCUT2D eigenvalue weighted by molar-refractivity contribution is 4.26. The molecule has 2 nitrogen and oxygen atoms in total. The Hall–Kier alpha value is -0.0800. The molecule has 0 atom stereocenters. The van der Waals surface area contributed by atoms with E-state index in [-0.39, 0.29) is 6.61 Å². The van der Waals surface area contributed by atoms with E-state index in [9.17, 15) is 5.11 Å². The number of nitrogens with one attached hydrogen (secondary N) is 1. The highest BCUT2D eigenvalue weighted by Crippen LogP contribution is 1.62. The van der Waals surface area contributed by atoms with Gasteiger partial charge < -0.3 is 10.0 Å². The molecule has 0 aliphatic heterocycles. The Morgan fingerprint density at radius 2 is 1.78 bits per heavy atom. The molecule has 0 aromatic carbocycles. The Bertz CT molecular complexity index is 52.9. The third-order valence-electron chi connectivity index (χ3n) is 1.67. The van der Waals surface area contributed by atoms with Crippen LogP contribution < -0.4 is 10.0 Å². The van der Waals surface area contributed by atoms with Gasteiger partial charge in [-0.25, -0.2) is 0 Å². The Labute approximate surface area is 57.5 Å². The highest BCUT2D eigenvalue weighted by atomic mass is 16.3. The van der Waals surface area contributed by atoms with Gasteiger partial charge in [0.15, 0.2) is 0 Å². The van der Waals surface area contributed by atoms with Gasteiger partial charge in [-0.05, 0) is 20.3 Å². The van der Waals surface area contributed by atoms with Crippen molar-refractivity contribution in [3.05, 3.63) is 0 Å². The predicted molar refractivity (Wildman–Crippen MR) is 36.4 cm³/mol. The number of hydrogen-bond donors (Lipinski definition) is 1. The van der Waals surface area contributed by atoms with Crippen molar-refractivity contribution in [2.75, 3.05) is 26.2 Å². The third-order valence-corrected chi connectivity index (χ3v) is 1.67. The van der Waals surface area contributed by atoms with Crippen LogP contribution in [0.2, 0.25) is 0 Å². The zero-order valence-corrected chi connectivity index (χ0v) is 6.44. The lowest BCUT2D eigenvalue weighted by molar-refractivity contribution is -0.897. The topological polar surface area (TPSA) is 27.5 Å². The van der Waals surface area contributed by atoms with Crippen molar-refractivity contribution in [1.29, 1.82) is 0 Å². The zero-order valence-electron chi connectivity index (χ0n) is 6.44. The Balaban J connectivity index is 3.09. The van der Waals surface area contributed by atoms with E-state index in [1.165, 1.54) is 4.90 Å². The van der Waals surface area contributed by atoms with Crippen molar-refractivity contribution in [3.63, 3.8) is 0 Å². The van der Waals surface area contributed by atoms with Crippen LogP contribution in [-0.2, 0) is 0 Å². The van der Waals surface area contributed by atoms with Gasteiger partial charge in [0.05, 0.1) is 19.6 Å². The molecule has 56 valence electrons. The summed E-state index contributed by atoms with van der Waals surface area (Å²) < 4.78 is 0. The fraction of sp³-hybridized carbons (Fsp3) is 1.00. The predicted octanol–water partition coefficient (Wildman–Crippen LogP) is -1.34. The van der Waals surface area contributed by atoms with Crippen molar-refractivity contribution in [3.8, 4) is 0 Å². The quantitative estimate of drug-likeness (QED) is 0.491. The van der Waals surface area contributed by atoms with Crippen LogP contribution in [0, 0.1) is 0 Å². The Kier molecular flexibility index (Phi) is 5.99. The summed E-state index contributed by atoms with van der Waals surface area (Å²) in [6.07, 6.45) is 0.830. The molecule has 1 N–H and O–H groups in total. The number of hydrogen-bond acceptors (Lipinski definition) is 1. The van der Waals surface area contributed by atoms with E-state index in [2.05, 4.69) is 13.8 Å². The molecule has 0 saturated carbocycles. The monoisotopic (exact) mass is 131 g/mol. The van der Waals surface area contributed by atoms with Crippen LogP contribution in [0.15, 0.2) is 0 Å². The summed E-state index contributed by atoms with van der Waals surface area (Å²) in [5.74, 6) is 0. The van der Waals surface area contributed by atoms with Gasteiger partial charge in [-0.3, -0.25) is 0 Å². The fourth-order valence-corrected chi connectivity index (χ4v) is 0.926. The van der Waals surface area contributed by atoms with E-state index >= 15 is 0 Å². The van der Waals surface area contributed by atoms with Crippen molar-refractivity contribution < 1.29 is 10.0 Å². The van der Waals surface area contributed by atoms with Gasteiger partial charge in [0.25, 0.3) is 0 Å². The second-order valence-electron chi connectivity index (χ2n) is 2.26. The molecule has 2 heteroatoms. The van der Waals surface area contributed by atoms with Crippen molar-refractivity contribution in [2.24, 2.45) is 0 Å². The summed E-state index contributed by atoms with van der Waals surface area (Å²) in [6, 6.07) is 0. The van der Waals surface area contributed by atoms with Gasteiger partial charge in [-0.1, -0.05) is 0 Å². The van der Waals surface area contributed by atoms with Crippen LogP contribution in [0.4, 0.5) is 0 Å². The smallest absolute Gasteiger partial charge is 0.0757 e. The molecule has 0 aromatic heterocycles. The van der Waals surface area contributed by atoms with Gasteiger partial charge in [0.2, 0.25) is 0 Å². The minimum absolute atomic E-state index is 0.0868. The third kappa shape index (κ3) is 4.43. The second-order valence-corrected chi connectivity index (χ2v) is 2.26. The first kappa shape index (κ1) is 8.92. The van der Waals surface area contributed by atoms with E-state index in [0.29, 0.717) is 0 Å². The van der Waals surface area contributed by atoms with E-state index in [1.807, 2.05) is 0 Å². The van der Waals surface area contributed by atoms with Gasteiger partial charge in [-0.15, -0.1) is 6.61 Å². The van der Waals surface area contributed by atoms with Gasteiger partial charge in [0.1, 0.15) is 0 Å². The van der Waals surface area contributed by atoms with Crippen molar-refractivity contribution >= 4 is 0 Å². The first-order chi connectivity index (χ1) is 4.35. The Morgan fingerprint density at radius 1 is 1.22 bits per heavy atom. The Morgan fingerprint density at radius 3 is 2.11 bits per heavy atom. The lowest BCUT2D eigenvalue weighted by Gasteiger charge is -2.15. The first-order valence-corrected chi connectivity index (χ1v) is 3.76. The van der Waals surface area contributed by atoms with E-state index in [0.717, 1.165) is 26.1 Å². The second kappa shape index (κ2) is 6.05. The first-order valence-electron chi connectivity index (χ1n) is 3.76. The minimum Gasteiger partial charge on any atom is -0.854 e. The number of rotatable bonds is 5. The summed E-state index contributed by atoms with van der Waals surface area (Å²) in [6.45, 7) is 7.75. The normalized spacial score (nSPS) is 10.7. The lowest BCUT2D eigenvalue weighted by Crippen LogP contribution is -3.11. The molecule has 0 saturated heterocycles. The van der Waals surface area contributed by atoms with E-state index in [1.54, 1.807) is 0 Å². The summed E-state index contributed by atoms with van der Waals surface area (Å²) in [7, 11) is 0. The van der Waals surface area contributed by atoms with Crippen LogP contribution in [0.25, 0.3) is 0 Å². The van der Waals surface area contributed by atoms with E-state index < -0.39 is 0 Å². The molecule has 0 rings (SSSR count). The molecule has 0 unspecified atom stereocenters. The molecule has 0 aliphatic carbocycles. The molecule has 9 heavy (non-hydrogen) atoms. The van der Waals surface area contributed by atoms with Crippen LogP contribution in [0.3, 0.4) is 0 Å². The summed E-state index contributed by atoms with van der Waals surface area (Å²) in [5.41, 5.74) is 0. The SMILES string of the molecule is CC[NH+](CC)CCC[O-]. The molecular formula is C7H17NO. The molecule has 0 aromatic rings. The van der Waals surface area contributed by atoms with Gasteiger partial charge >= 0.3 is 0 Å². The van der Waals surface area contributed by atoms with Crippen LogP contribution in [0.5, 0.6) is 0 Å². The maximum Gasteiger partial charge on any atom is 0.0757 e. The van der Waals surface area contributed by atoms with Crippen LogP contribution in [-0.4, -0.2) is 26.2 Å². The largest absolute Gasteiger partial charge is 0.854 e. The molecule has 0 bridgehead atoms. The molecule has 0 spiro atoms. The summed E-state index contributed by atoms with van der Waals surface area (Å²) >= 11 is 0. The maximum atomic E-state index is 10.1. The van der Waals surface area contributed by atoms with E-state index in [4.69, 9.17) is 0 Å². The number of quaternary nitrogens is 1. The van der Waals surface area contributed by atoms with Crippen molar-refractivity contribution in [2.45, 2.75) is 20.3 Å². The van der Waals surface area contributed by atoms with Crippen molar-refractivity contribution in [1.82, 2.24) is 0 Å². The lowest BCUT2D eigenvalue weighted by atomic mass is 10.4. The maximum absolute atomic E-state index is 10.1. The fourth-order valence-electron chi connectivity index (χ4n) is 0.926. The molecule has 0 fully saturated rings. The average Bonchev–Trinajstić information content (AvgIpc) is 1.91.